The molecule has 1 aromatic carbocycles. The molecular weight excluding hydrogens is 291 g/mol. The van der Waals surface area contributed by atoms with E-state index in [1.165, 1.54) is 12.1 Å². The molecule has 0 fully saturated rings. The Morgan fingerprint density at radius 2 is 1.96 bits per heavy atom. The van der Waals surface area contributed by atoms with E-state index in [9.17, 15) is 4.39 Å². The second-order valence-corrected chi connectivity index (χ2v) is 5.62. The Bertz CT molecular complexity index is 752. The van der Waals surface area contributed by atoms with Crippen molar-refractivity contribution >= 4 is 0 Å². The summed E-state index contributed by atoms with van der Waals surface area (Å²) < 4.78 is 13.1. The lowest BCUT2D eigenvalue weighted by Gasteiger charge is -2.24. The lowest BCUT2D eigenvalue weighted by atomic mass is 10.1. The zero-order valence-electron chi connectivity index (χ0n) is 13.2. The maximum atomic E-state index is 13.1. The predicted octanol–water partition coefficient (Wildman–Crippen LogP) is 3.80. The van der Waals surface area contributed by atoms with E-state index in [1.54, 1.807) is 12.1 Å². The first-order chi connectivity index (χ1) is 11.1. The lowest BCUT2D eigenvalue weighted by Crippen LogP contribution is -2.22. The van der Waals surface area contributed by atoms with Gasteiger partial charge in [-0.15, -0.1) is 0 Å². The van der Waals surface area contributed by atoms with Gasteiger partial charge in [-0.05, 0) is 50.4 Å². The van der Waals surface area contributed by atoms with Gasteiger partial charge in [0.2, 0.25) is 0 Å². The number of pyridine rings is 1. The standard InChI is InChI=1S/C18H19FN4/c1-13(17-5-3-4-10-20-17)23(2)12-15-11-21-22-18(15)14-6-8-16(19)9-7-14/h3-11,13H,12H2,1-2H3,(H,21,22)/t13-/m0/s1. The summed E-state index contributed by atoms with van der Waals surface area (Å²) in [6.07, 6.45) is 3.63. The summed E-state index contributed by atoms with van der Waals surface area (Å²) in [5.41, 5.74) is 3.95. The first-order valence-electron chi connectivity index (χ1n) is 7.54. The topological polar surface area (TPSA) is 44.8 Å². The Morgan fingerprint density at radius 3 is 2.65 bits per heavy atom. The summed E-state index contributed by atoms with van der Waals surface area (Å²) in [6, 6.07) is 12.6. The van der Waals surface area contributed by atoms with E-state index < -0.39 is 0 Å². The first kappa shape index (κ1) is 15.4. The molecule has 0 amide bonds. The third kappa shape index (κ3) is 3.46. The average molecular weight is 310 g/mol. The van der Waals surface area contributed by atoms with Crippen molar-refractivity contribution in [2.45, 2.75) is 19.5 Å². The van der Waals surface area contributed by atoms with Crippen molar-refractivity contribution in [2.24, 2.45) is 0 Å². The van der Waals surface area contributed by atoms with Crippen molar-refractivity contribution in [3.63, 3.8) is 0 Å². The third-order valence-electron chi connectivity index (χ3n) is 4.05. The van der Waals surface area contributed by atoms with Gasteiger partial charge in [0.05, 0.1) is 17.6 Å². The van der Waals surface area contributed by atoms with E-state index in [0.29, 0.717) is 0 Å². The highest BCUT2D eigenvalue weighted by Crippen LogP contribution is 2.25. The largest absolute Gasteiger partial charge is 0.294 e. The van der Waals surface area contributed by atoms with Crippen LogP contribution in [0, 0.1) is 5.82 Å². The van der Waals surface area contributed by atoms with Crippen LogP contribution in [0.4, 0.5) is 4.39 Å². The molecule has 118 valence electrons. The monoisotopic (exact) mass is 310 g/mol. The average Bonchev–Trinajstić information content (AvgIpc) is 3.03. The molecule has 2 heterocycles. The molecule has 4 nitrogen and oxygen atoms in total. The predicted molar refractivity (Wildman–Crippen MR) is 88.1 cm³/mol. The van der Waals surface area contributed by atoms with Gasteiger partial charge in [-0.1, -0.05) is 6.07 Å². The number of H-pyrrole nitrogens is 1. The summed E-state index contributed by atoms with van der Waals surface area (Å²) in [4.78, 5) is 6.62. The number of halogens is 1. The number of benzene rings is 1. The number of hydrogen-bond donors (Lipinski definition) is 1. The fraction of sp³-hybridized carbons (Fsp3) is 0.222. The van der Waals surface area contributed by atoms with Crippen molar-refractivity contribution in [2.75, 3.05) is 7.05 Å². The maximum absolute atomic E-state index is 13.1. The first-order valence-corrected chi connectivity index (χ1v) is 7.54. The number of aromatic nitrogens is 3. The molecule has 3 rings (SSSR count). The smallest absolute Gasteiger partial charge is 0.123 e. The van der Waals surface area contributed by atoms with Gasteiger partial charge in [-0.25, -0.2) is 4.39 Å². The SMILES string of the molecule is C[C@@H](c1ccccn1)N(C)Cc1cn[nH]c1-c1ccc(F)cc1. The van der Waals surface area contributed by atoms with Crippen molar-refractivity contribution in [3.05, 3.63) is 71.9 Å². The van der Waals surface area contributed by atoms with E-state index in [4.69, 9.17) is 0 Å². The van der Waals surface area contributed by atoms with E-state index in [-0.39, 0.29) is 11.9 Å². The van der Waals surface area contributed by atoms with Gasteiger partial charge in [-0.3, -0.25) is 15.0 Å². The van der Waals surface area contributed by atoms with Crippen LogP contribution in [0.5, 0.6) is 0 Å². The molecule has 5 heteroatoms. The van der Waals surface area contributed by atoms with Crippen molar-refractivity contribution < 1.29 is 4.39 Å². The molecule has 0 unspecified atom stereocenters. The van der Waals surface area contributed by atoms with Gasteiger partial charge in [0.15, 0.2) is 0 Å². The van der Waals surface area contributed by atoms with Crippen molar-refractivity contribution in [1.29, 1.82) is 0 Å². The second-order valence-electron chi connectivity index (χ2n) is 5.62. The summed E-state index contributed by atoms with van der Waals surface area (Å²) in [5, 5.41) is 7.16. The number of hydrogen-bond acceptors (Lipinski definition) is 3. The van der Waals surface area contributed by atoms with Crippen LogP contribution in [0.3, 0.4) is 0 Å². The van der Waals surface area contributed by atoms with E-state index >= 15 is 0 Å². The molecule has 1 atom stereocenters. The van der Waals surface area contributed by atoms with Crippen molar-refractivity contribution in [3.8, 4) is 11.3 Å². The minimum absolute atomic E-state index is 0.187. The molecule has 0 saturated heterocycles. The molecule has 0 bridgehead atoms. The van der Waals surface area contributed by atoms with Gasteiger partial charge in [-0.2, -0.15) is 5.10 Å². The molecule has 0 spiro atoms. The fourth-order valence-corrected chi connectivity index (χ4v) is 2.55. The summed E-state index contributed by atoms with van der Waals surface area (Å²) in [7, 11) is 2.06. The summed E-state index contributed by atoms with van der Waals surface area (Å²) in [6.45, 7) is 2.85. The third-order valence-corrected chi connectivity index (χ3v) is 4.05. The Kier molecular flexibility index (Phi) is 4.48. The van der Waals surface area contributed by atoms with Gasteiger partial charge < -0.3 is 0 Å². The van der Waals surface area contributed by atoms with E-state index in [2.05, 4.69) is 34.1 Å². The molecule has 0 aliphatic rings. The van der Waals surface area contributed by atoms with Crippen LogP contribution in [0.1, 0.15) is 24.2 Å². The van der Waals surface area contributed by atoms with Crippen LogP contribution >= 0.6 is 0 Å². The van der Waals surface area contributed by atoms with Gasteiger partial charge in [0.25, 0.3) is 0 Å². The van der Waals surface area contributed by atoms with Crippen LogP contribution < -0.4 is 0 Å². The molecule has 0 aliphatic heterocycles. The summed E-state index contributed by atoms with van der Waals surface area (Å²) in [5.74, 6) is -0.240. The minimum Gasteiger partial charge on any atom is -0.294 e. The zero-order chi connectivity index (χ0) is 16.2. The molecule has 1 N–H and O–H groups in total. The maximum Gasteiger partial charge on any atom is 0.123 e. The van der Waals surface area contributed by atoms with Crippen LogP contribution in [-0.2, 0) is 6.54 Å². The highest BCUT2D eigenvalue weighted by Gasteiger charge is 2.16. The minimum atomic E-state index is -0.240. The summed E-state index contributed by atoms with van der Waals surface area (Å²) >= 11 is 0. The number of nitrogens with one attached hydrogen (secondary N) is 1. The molecule has 0 aliphatic carbocycles. The molecule has 0 radical (unpaired) electrons. The van der Waals surface area contributed by atoms with Crippen LogP contribution in [0.15, 0.2) is 54.9 Å². The zero-order valence-corrected chi connectivity index (χ0v) is 13.2. The van der Waals surface area contributed by atoms with Gasteiger partial charge in [0.1, 0.15) is 5.82 Å². The van der Waals surface area contributed by atoms with E-state index in [0.717, 1.165) is 29.1 Å². The Labute approximate surface area is 135 Å². The quantitative estimate of drug-likeness (QED) is 0.779. The number of nitrogens with zero attached hydrogens (tertiary/aromatic N) is 3. The molecular formula is C18H19FN4. The Morgan fingerprint density at radius 1 is 1.17 bits per heavy atom. The van der Waals surface area contributed by atoms with Gasteiger partial charge in [0, 0.05) is 29.9 Å². The van der Waals surface area contributed by atoms with Crippen molar-refractivity contribution in [1.82, 2.24) is 20.1 Å². The molecule has 23 heavy (non-hydrogen) atoms. The second kappa shape index (κ2) is 6.71. The molecule has 0 saturated carbocycles. The van der Waals surface area contributed by atoms with Crippen LogP contribution in [-0.4, -0.2) is 27.1 Å². The number of rotatable bonds is 5. The van der Waals surface area contributed by atoms with E-state index in [1.807, 2.05) is 30.6 Å². The molecule has 3 aromatic rings. The molecule has 2 aromatic heterocycles. The van der Waals surface area contributed by atoms with Gasteiger partial charge >= 0.3 is 0 Å². The normalized spacial score (nSPS) is 12.5. The van der Waals surface area contributed by atoms with Crippen LogP contribution in [0.25, 0.3) is 11.3 Å². The Hall–Kier alpha value is -2.53. The highest BCUT2D eigenvalue weighted by atomic mass is 19.1. The number of aromatic amines is 1. The highest BCUT2D eigenvalue weighted by molar-refractivity contribution is 5.62. The Balaban J connectivity index is 1.78. The van der Waals surface area contributed by atoms with Crippen LogP contribution in [0.2, 0.25) is 0 Å². The lowest BCUT2D eigenvalue weighted by molar-refractivity contribution is 0.249. The fourth-order valence-electron chi connectivity index (χ4n) is 2.55.